The molecule has 0 saturated heterocycles. The maximum atomic E-state index is 13.5. The van der Waals surface area contributed by atoms with E-state index in [0.29, 0.717) is 39.9 Å². The first-order valence-electron chi connectivity index (χ1n) is 10.4. The van der Waals surface area contributed by atoms with Gasteiger partial charge in [-0.1, -0.05) is 47.5 Å². The Morgan fingerprint density at radius 3 is 2.25 bits per heavy atom. The van der Waals surface area contributed by atoms with E-state index in [2.05, 4.69) is 5.32 Å². The molecule has 1 aliphatic heterocycles. The van der Waals surface area contributed by atoms with Crippen molar-refractivity contribution in [3.05, 3.63) is 94.1 Å². The fraction of sp³-hybridized carbons (Fsp3) is 0.154. The lowest BCUT2D eigenvalue weighted by Gasteiger charge is -2.16. The number of ether oxygens (including phenoxy) is 1. The van der Waals surface area contributed by atoms with Crippen LogP contribution in [0.3, 0.4) is 0 Å². The monoisotopic (exact) mass is 446 g/mol. The molecule has 0 saturated carbocycles. The Kier molecular flexibility index (Phi) is 6.01. The van der Waals surface area contributed by atoms with Crippen molar-refractivity contribution >= 4 is 40.4 Å². The van der Waals surface area contributed by atoms with Gasteiger partial charge in [-0.25, -0.2) is 4.90 Å². The molecular weight excluding hydrogens is 424 g/mol. The third kappa shape index (κ3) is 3.99. The van der Waals surface area contributed by atoms with Crippen molar-refractivity contribution in [2.75, 3.05) is 16.8 Å². The Hall–Kier alpha value is -3.57. The van der Waals surface area contributed by atoms with E-state index >= 15 is 0 Å². The van der Waals surface area contributed by atoms with E-state index in [4.69, 9.17) is 16.3 Å². The molecule has 0 fully saturated rings. The van der Waals surface area contributed by atoms with Crippen LogP contribution in [0.5, 0.6) is 5.75 Å². The van der Waals surface area contributed by atoms with Crippen LogP contribution in [0.25, 0.3) is 5.57 Å². The number of anilines is 2. The summed E-state index contributed by atoms with van der Waals surface area (Å²) in [4.78, 5) is 28.2. The van der Waals surface area contributed by atoms with Crippen molar-refractivity contribution in [3.8, 4) is 5.75 Å². The lowest BCUT2D eigenvalue weighted by molar-refractivity contribution is -0.120. The first-order chi connectivity index (χ1) is 15.4. The molecule has 32 heavy (non-hydrogen) atoms. The Balaban J connectivity index is 1.81. The number of benzene rings is 3. The van der Waals surface area contributed by atoms with E-state index in [9.17, 15) is 9.59 Å². The van der Waals surface area contributed by atoms with Gasteiger partial charge in [-0.05, 0) is 68.3 Å². The van der Waals surface area contributed by atoms with E-state index < -0.39 is 5.91 Å². The van der Waals surface area contributed by atoms with Gasteiger partial charge in [0.2, 0.25) is 0 Å². The maximum Gasteiger partial charge on any atom is 0.282 e. The first kappa shape index (κ1) is 21.7. The summed E-state index contributed by atoms with van der Waals surface area (Å²) in [7, 11) is 0. The summed E-state index contributed by atoms with van der Waals surface area (Å²) in [6.45, 7) is 6.27. The molecule has 0 atom stereocenters. The summed E-state index contributed by atoms with van der Waals surface area (Å²) in [6, 6.07) is 19.9. The third-order valence-corrected chi connectivity index (χ3v) is 5.77. The number of amides is 2. The molecule has 0 radical (unpaired) electrons. The van der Waals surface area contributed by atoms with E-state index in [0.717, 1.165) is 11.1 Å². The SMILES string of the molecule is CCOc1ccc(C2=C(Nc3cccc(Cl)c3C)C(=O)N(c3ccc(C)cc3)C2=O)cc1. The van der Waals surface area contributed by atoms with Crippen molar-refractivity contribution in [1.29, 1.82) is 0 Å². The zero-order chi connectivity index (χ0) is 22.8. The van der Waals surface area contributed by atoms with E-state index in [1.165, 1.54) is 4.90 Å². The number of hydrogen-bond acceptors (Lipinski definition) is 4. The van der Waals surface area contributed by atoms with Gasteiger partial charge in [0, 0.05) is 10.7 Å². The normalized spacial score (nSPS) is 13.7. The van der Waals surface area contributed by atoms with Gasteiger partial charge >= 0.3 is 0 Å². The van der Waals surface area contributed by atoms with Crippen molar-refractivity contribution in [2.24, 2.45) is 0 Å². The van der Waals surface area contributed by atoms with Crippen LogP contribution in [0, 0.1) is 13.8 Å². The highest BCUT2D eigenvalue weighted by Gasteiger charge is 2.40. The largest absolute Gasteiger partial charge is 0.494 e. The molecule has 0 spiro atoms. The fourth-order valence-corrected chi connectivity index (χ4v) is 3.78. The van der Waals surface area contributed by atoms with Crippen LogP contribution in [-0.2, 0) is 9.59 Å². The highest BCUT2D eigenvalue weighted by atomic mass is 35.5. The molecule has 6 heteroatoms. The van der Waals surface area contributed by atoms with Gasteiger partial charge in [-0.3, -0.25) is 9.59 Å². The van der Waals surface area contributed by atoms with Gasteiger partial charge in [0.25, 0.3) is 11.8 Å². The number of nitrogens with zero attached hydrogens (tertiary/aromatic N) is 1. The molecule has 3 aromatic carbocycles. The summed E-state index contributed by atoms with van der Waals surface area (Å²) >= 11 is 6.27. The molecule has 1 N–H and O–H groups in total. The van der Waals surface area contributed by atoms with E-state index in [1.54, 1.807) is 48.5 Å². The van der Waals surface area contributed by atoms with Crippen LogP contribution >= 0.6 is 11.6 Å². The van der Waals surface area contributed by atoms with Crippen molar-refractivity contribution in [2.45, 2.75) is 20.8 Å². The second-order valence-corrected chi connectivity index (χ2v) is 7.93. The highest BCUT2D eigenvalue weighted by molar-refractivity contribution is 6.46. The van der Waals surface area contributed by atoms with E-state index in [1.807, 2.05) is 39.0 Å². The van der Waals surface area contributed by atoms with E-state index in [-0.39, 0.29) is 11.6 Å². The second-order valence-electron chi connectivity index (χ2n) is 7.53. The van der Waals surface area contributed by atoms with Crippen LogP contribution in [0.1, 0.15) is 23.6 Å². The van der Waals surface area contributed by atoms with Gasteiger partial charge in [0.05, 0.1) is 17.9 Å². The molecule has 0 aliphatic carbocycles. The average Bonchev–Trinajstić information content (AvgIpc) is 3.02. The number of aryl methyl sites for hydroxylation is 1. The number of halogens is 1. The number of carbonyl (C=O) groups is 2. The molecule has 0 bridgehead atoms. The van der Waals surface area contributed by atoms with Crippen molar-refractivity contribution in [3.63, 3.8) is 0 Å². The molecule has 1 heterocycles. The number of nitrogens with one attached hydrogen (secondary N) is 1. The molecule has 0 aromatic heterocycles. The van der Waals surface area contributed by atoms with Crippen LogP contribution < -0.4 is 15.0 Å². The van der Waals surface area contributed by atoms with Gasteiger partial charge in [0.15, 0.2) is 0 Å². The molecule has 1 aliphatic rings. The summed E-state index contributed by atoms with van der Waals surface area (Å²) < 4.78 is 5.52. The molecular formula is C26H23ClN2O3. The summed E-state index contributed by atoms with van der Waals surface area (Å²) in [5.41, 5.74) is 4.17. The molecule has 162 valence electrons. The number of imide groups is 1. The minimum absolute atomic E-state index is 0.213. The predicted molar refractivity (Wildman–Crippen MR) is 128 cm³/mol. The summed E-state index contributed by atoms with van der Waals surface area (Å²) in [5.74, 6) is -0.100. The Morgan fingerprint density at radius 2 is 1.59 bits per heavy atom. The number of rotatable bonds is 6. The maximum absolute atomic E-state index is 13.5. The third-order valence-electron chi connectivity index (χ3n) is 5.36. The highest BCUT2D eigenvalue weighted by Crippen LogP contribution is 2.35. The zero-order valence-corrected chi connectivity index (χ0v) is 18.9. The minimum Gasteiger partial charge on any atom is -0.494 e. The predicted octanol–water partition coefficient (Wildman–Crippen LogP) is 5.75. The van der Waals surface area contributed by atoms with Crippen LogP contribution in [0.2, 0.25) is 5.02 Å². The minimum atomic E-state index is -0.415. The van der Waals surface area contributed by atoms with Gasteiger partial charge in [0.1, 0.15) is 11.4 Å². The van der Waals surface area contributed by atoms with Crippen LogP contribution in [0.15, 0.2) is 72.4 Å². The van der Waals surface area contributed by atoms with Crippen molar-refractivity contribution in [1.82, 2.24) is 0 Å². The van der Waals surface area contributed by atoms with Gasteiger partial charge < -0.3 is 10.1 Å². The lowest BCUT2D eigenvalue weighted by atomic mass is 10.0. The smallest absolute Gasteiger partial charge is 0.282 e. The molecule has 4 rings (SSSR count). The van der Waals surface area contributed by atoms with Gasteiger partial charge in [-0.2, -0.15) is 0 Å². The van der Waals surface area contributed by atoms with Crippen LogP contribution in [-0.4, -0.2) is 18.4 Å². The molecule has 5 nitrogen and oxygen atoms in total. The molecule has 2 amide bonds. The van der Waals surface area contributed by atoms with Gasteiger partial charge in [-0.15, -0.1) is 0 Å². The Labute approximate surface area is 192 Å². The average molecular weight is 447 g/mol. The first-order valence-corrected chi connectivity index (χ1v) is 10.7. The Morgan fingerprint density at radius 1 is 0.906 bits per heavy atom. The lowest BCUT2D eigenvalue weighted by Crippen LogP contribution is -2.32. The zero-order valence-electron chi connectivity index (χ0n) is 18.1. The number of hydrogen-bond donors (Lipinski definition) is 1. The molecule has 3 aromatic rings. The number of carbonyl (C=O) groups excluding carboxylic acids is 2. The standard InChI is InChI=1S/C26H23ClN2O3/c1-4-32-20-14-10-18(11-15-20)23-24(28-22-7-5-6-21(27)17(22)3)26(31)29(25(23)30)19-12-8-16(2)9-13-19/h5-15,28H,4H2,1-3H3. The summed E-state index contributed by atoms with van der Waals surface area (Å²) in [5, 5.41) is 3.76. The van der Waals surface area contributed by atoms with Crippen LogP contribution in [0.4, 0.5) is 11.4 Å². The Bertz CT molecular complexity index is 1210. The quantitative estimate of drug-likeness (QED) is 0.489. The summed E-state index contributed by atoms with van der Waals surface area (Å²) in [6.07, 6.45) is 0. The topological polar surface area (TPSA) is 58.6 Å². The van der Waals surface area contributed by atoms with Crippen molar-refractivity contribution < 1.29 is 14.3 Å². The second kappa shape index (κ2) is 8.89. The fourth-order valence-electron chi connectivity index (χ4n) is 3.60. The molecule has 0 unspecified atom stereocenters.